The number of nitrogen functional groups attached to an aromatic ring is 1. The number of nitrogens with zero attached hydrogens (tertiary/aromatic N) is 2. The summed E-state index contributed by atoms with van der Waals surface area (Å²) in [4.78, 5) is 3.45. The van der Waals surface area contributed by atoms with Gasteiger partial charge in [0, 0.05) is 36.0 Å². The van der Waals surface area contributed by atoms with Crippen molar-refractivity contribution in [2.75, 3.05) is 23.5 Å². The number of aliphatic hydroxyl groups excluding tert-OH is 2. The molecule has 4 atom stereocenters. The lowest BCUT2D eigenvalue weighted by atomic mass is 10.1. The van der Waals surface area contributed by atoms with E-state index in [-0.39, 0.29) is 15.8 Å². The van der Waals surface area contributed by atoms with E-state index in [1.807, 2.05) is 26.0 Å². The maximum atomic E-state index is 13.0. The zero-order valence-electron chi connectivity index (χ0n) is 32.8. The Morgan fingerprint density at radius 1 is 0.729 bits per heavy atom. The molecule has 2 aliphatic rings. The summed E-state index contributed by atoms with van der Waals surface area (Å²) in [6.45, 7) is 11.2. The molecule has 0 fully saturated rings. The van der Waals surface area contributed by atoms with Crippen LogP contribution in [0.2, 0.25) is 0 Å². The van der Waals surface area contributed by atoms with Gasteiger partial charge in [-0.1, -0.05) is 56.3 Å². The van der Waals surface area contributed by atoms with Gasteiger partial charge in [-0.3, -0.25) is 0 Å². The van der Waals surface area contributed by atoms with Crippen molar-refractivity contribution in [2.24, 2.45) is 5.10 Å². The number of nitrogens with one attached hydrogen (secondary N) is 4. The Morgan fingerprint density at radius 3 is 1.71 bits per heavy atom. The summed E-state index contributed by atoms with van der Waals surface area (Å²) >= 11 is 0. The third-order valence-electron chi connectivity index (χ3n) is 10.2. The normalized spacial score (nSPS) is 18.5. The molecule has 308 valence electrons. The van der Waals surface area contributed by atoms with Gasteiger partial charge in [0.2, 0.25) is 20.0 Å². The van der Waals surface area contributed by atoms with Crippen LogP contribution in [0.3, 0.4) is 0 Å². The van der Waals surface area contributed by atoms with Crippen LogP contribution < -0.4 is 30.5 Å². The fourth-order valence-corrected chi connectivity index (χ4v) is 9.50. The van der Waals surface area contributed by atoms with Gasteiger partial charge in [0.15, 0.2) is 0 Å². The highest BCUT2D eigenvalue weighted by atomic mass is 32.2. The van der Waals surface area contributed by atoms with Gasteiger partial charge >= 0.3 is 0 Å². The standard InChI is InChI=1S/C26H27N5O4S.C17H20N2O3S/c1-4-17-8-12-22(13-9-17)36(33,34)31-25-23-16-20(11-10-18(23)14-24(25)32)29-26(30-27-2)28-19-6-5-7-21(15-19)35-3;1-2-11-3-7-14(8-4-11)23(21,22)19-17-15-10-13(18)6-5-12(15)9-16(17)20/h5-13,15-16,24-25,31-32H,4,14H2,1,3H3,(H2,28,29,30);3-8,10,16-17,19-20H,2,9,18H2,1H3/t24-,25-;16-,17-/m11/s1. The molecule has 14 nitrogen and oxygen atoms in total. The second-order valence-electron chi connectivity index (χ2n) is 14.1. The van der Waals surface area contributed by atoms with Crippen molar-refractivity contribution in [2.45, 2.75) is 73.6 Å². The monoisotopic (exact) mass is 837 g/mol. The number of hydrogen-bond donors (Lipinski definition) is 7. The van der Waals surface area contributed by atoms with Gasteiger partial charge in [0.25, 0.3) is 5.96 Å². The molecule has 0 amide bonds. The molecule has 5 aromatic carbocycles. The molecule has 0 saturated carbocycles. The van der Waals surface area contributed by atoms with Crippen LogP contribution in [0.5, 0.6) is 5.75 Å². The molecular formula is C43H47N7O7S2. The number of hydrogen-bond acceptors (Lipinski definition) is 9. The summed E-state index contributed by atoms with van der Waals surface area (Å²) in [5.41, 5.74) is 12.9. The van der Waals surface area contributed by atoms with Crippen molar-refractivity contribution in [3.63, 3.8) is 0 Å². The summed E-state index contributed by atoms with van der Waals surface area (Å²) in [6.07, 6.45) is 0.689. The first-order valence-corrected chi connectivity index (χ1v) is 21.9. The predicted octanol–water partition coefficient (Wildman–Crippen LogP) is 5.68. The maximum Gasteiger partial charge on any atom is 0.286 e. The summed E-state index contributed by atoms with van der Waals surface area (Å²) in [5, 5.41) is 30.8. The molecule has 0 aliphatic heterocycles. The Balaban J connectivity index is 0.000000219. The lowest BCUT2D eigenvalue weighted by Gasteiger charge is -2.19. The number of ether oxygens (including phenoxy) is 1. The molecule has 0 aromatic heterocycles. The molecule has 16 heteroatoms. The van der Waals surface area contributed by atoms with Crippen molar-refractivity contribution in [3.8, 4) is 5.75 Å². The number of benzene rings is 5. The van der Waals surface area contributed by atoms with E-state index in [9.17, 15) is 27.0 Å². The van der Waals surface area contributed by atoms with Crippen LogP contribution >= 0.6 is 0 Å². The number of sulfonamides is 2. The zero-order valence-corrected chi connectivity index (χ0v) is 34.4. The minimum absolute atomic E-state index is 0.142. The number of anilines is 3. The lowest BCUT2D eigenvalue weighted by Crippen LogP contribution is -2.34. The third kappa shape index (κ3) is 10.3. The summed E-state index contributed by atoms with van der Waals surface area (Å²) in [6, 6.07) is 29.8. The van der Waals surface area contributed by atoms with E-state index in [2.05, 4.69) is 30.1 Å². The van der Waals surface area contributed by atoms with E-state index in [0.717, 1.165) is 40.7 Å². The van der Waals surface area contributed by atoms with E-state index < -0.39 is 44.3 Å². The van der Waals surface area contributed by atoms with Crippen molar-refractivity contribution in [1.29, 1.82) is 0 Å². The fourth-order valence-electron chi connectivity index (χ4n) is 7.01. The summed E-state index contributed by atoms with van der Waals surface area (Å²) < 4.78 is 61.7. The molecule has 0 heterocycles. The number of fused-ring (bicyclic) bond motifs is 2. The molecule has 0 radical (unpaired) electrons. The number of methoxy groups -OCH3 is 1. The molecule has 0 spiro atoms. The van der Waals surface area contributed by atoms with E-state index in [4.69, 9.17) is 17.0 Å². The van der Waals surface area contributed by atoms with Gasteiger partial charge in [-0.05, 0) is 107 Å². The molecule has 59 heavy (non-hydrogen) atoms. The topological polar surface area (TPSA) is 209 Å². The molecule has 2 aliphatic carbocycles. The average molecular weight is 838 g/mol. The van der Waals surface area contributed by atoms with Crippen LogP contribution in [0.25, 0.3) is 4.95 Å². The lowest BCUT2D eigenvalue weighted by molar-refractivity contribution is 0.151. The molecular weight excluding hydrogens is 791 g/mol. The van der Waals surface area contributed by atoms with Gasteiger partial charge in [0.1, 0.15) is 10.9 Å². The van der Waals surface area contributed by atoms with Crippen molar-refractivity contribution in [1.82, 2.24) is 9.44 Å². The summed E-state index contributed by atoms with van der Waals surface area (Å²) in [7, 11) is -6.00. The van der Waals surface area contributed by atoms with Gasteiger partial charge in [0.05, 0.1) is 41.2 Å². The number of guanidine groups is 1. The van der Waals surface area contributed by atoms with Crippen molar-refractivity contribution >= 4 is 43.1 Å². The quantitative estimate of drug-likeness (QED) is 0.0285. The van der Waals surface area contributed by atoms with Gasteiger partial charge in [-0.2, -0.15) is 6.57 Å². The summed E-state index contributed by atoms with van der Waals surface area (Å²) in [5.74, 6) is 0.832. The first kappa shape index (κ1) is 42.8. The van der Waals surface area contributed by atoms with Gasteiger partial charge in [-0.15, -0.1) is 4.95 Å². The second kappa shape index (κ2) is 18.4. The largest absolute Gasteiger partial charge is 0.497 e. The molecule has 0 bridgehead atoms. The zero-order chi connectivity index (χ0) is 42.3. The van der Waals surface area contributed by atoms with E-state index >= 15 is 0 Å². The van der Waals surface area contributed by atoms with Crippen LogP contribution in [0.1, 0.15) is 59.3 Å². The molecule has 7 rings (SSSR count). The number of aliphatic hydroxyl groups is 2. The molecule has 0 saturated heterocycles. The predicted molar refractivity (Wildman–Crippen MR) is 229 cm³/mol. The van der Waals surface area contributed by atoms with Gasteiger partial charge < -0.3 is 31.3 Å². The Bertz CT molecular complexity index is 2580. The molecule has 5 aromatic rings. The Morgan fingerprint density at radius 2 is 1.22 bits per heavy atom. The minimum Gasteiger partial charge on any atom is -0.497 e. The average Bonchev–Trinajstić information content (AvgIpc) is 3.70. The number of nitrogens with two attached hydrogens (primary N) is 1. The van der Waals surface area contributed by atoms with E-state index in [1.54, 1.807) is 104 Å². The Labute approximate surface area is 345 Å². The van der Waals surface area contributed by atoms with Crippen LogP contribution in [0.4, 0.5) is 17.1 Å². The first-order valence-electron chi connectivity index (χ1n) is 19.0. The first-order chi connectivity index (χ1) is 28.2. The highest BCUT2D eigenvalue weighted by molar-refractivity contribution is 7.89. The third-order valence-corrected chi connectivity index (χ3v) is 13.1. The smallest absolute Gasteiger partial charge is 0.286 e. The second-order valence-corrected chi connectivity index (χ2v) is 17.6. The Kier molecular flexibility index (Phi) is 13.4. The fraction of sp³-hybridized carbons (Fsp3) is 0.256. The van der Waals surface area contributed by atoms with E-state index in [1.165, 1.54) is 0 Å². The highest BCUT2D eigenvalue weighted by Gasteiger charge is 2.36. The number of aryl methyl sites for hydroxylation is 2. The Hall–Kier alpha value is -5.80. The highest BCUT2D eigenvalue weighted by Crippen LogP contribution is 2.36. The van der Waals surface area contributed by atoms with Crippen LogP contribution in [0, 0.1) is 6.57 Å². The SMILES string of the molecule is CCc1ccc(S(=O)(=O)N[C@@H]2c3cc(N)ccc3C[C@H]2O)cc1.[C-]#[N+]/N=C(\Nc1cccc(OC)c1)Nc1ccc2c(c1)[C@@H](NS(=O)(=O)c1ccc(CC)cc1)[C@H](O)C2. The van der Waals surface area contributed by atoms with Crippen LogP contribution in [-0.4, -0.2) is 52.3 Å². The van der Waals surface area contributed by atoms with Crippen molar-refractivity contribution in [3.05, 3.63) is 154 Å². The number of rotatable bonds is 11. The maximum absolute atomic E-state index is 13.0. The van der Waals surface area contributed by atoms with E-state index in [0.29, 0.717) is 41.2 Å². The van der Waals surface area contributed by atoms with Gasteiger partial charge in [-0.25, -0.2) is 26.3 Å². The minimum atomic E-state index is -3.85. The van der Waals surface area contributed by atoms with Crippen LogP contribution in [-0.2, 0) is 45.7 Å². The van der Waals surface area contributed by atoms with Crippen molar-refractivity contribution < 1.29 is 31.8 Å². The van der Waals surface area contributed by atoms with Crippen LogP contribution in [0.15, 0.2) is 124 Å². The molecule has 8 N–H and O–H groups in total. The molecule has 0 unspecified atom stereocenters.